The van der Waals surface area contributed by atoms with Gasteiger partial charge in [0.15, 0.2) is 0 Å². The van der Waals surface area contributed by atoms with E-state index >= 15 is 0 Å². The molecular formula is C16H25N3O. The molecule has 0 aliphatic carbocycles. The number of nitrogens with two attached hydrogens (primary N) is 1. The number of benzene rings is 1. The van der Waals surface area contributed by atoms with Gasteiger partial charge in [-0.3, -0.25) is 4.79 Å². The number of nitrogens with one attached hydrogen (secondary N) is 1. The van der Waals surface area contributed by atoms with Crippen LogP contribution in [0.3, 0.4) is 0 Å². The molecular weight excluding hydrogens is 250 g/mol. The Morgan fingerprint density at radius 2 is 2.05 bits per heavy atom. The average molecular weight is 275 g/mol. The van der Waals surface area contributed by atoms with Crippen molar-refractivity contribution < 1.29 is 4.79 Å². The Morgan fingerprint density at radius 1 is 1.35 bits per heavy atom. The molecule has 110 valence electrons. The summed E-state index contributed by atoms with van der Waals surface area (Å²) < 4.78 is 0. The number of rotatable bonds is 5. The van der Waals surface area contributed by atoms with Crippen molar-refractivity contribution in [2.45, 2.75) is 38.6 Å². The van der Waals surface area contributed by atoms with E-state index in [-0.39, 0.29) is 17.9 Å². The molecule has 1 saturated heterocycles. The van der Waals surface area contributed by atoms with Gasteiger partial charge in [0.2, 0.25) is 5.91 Å². The Hall–Kier alpha value is -1.55. The maximum absolute atomic E-state index is 12.3. The summed E-state index contributed by atoms with van der Waals surface area (Å²) in [6, 6.07) is 7.73. The molecule has 1 aromatic rings. The van der Waals surface area contributed by atoms with E-state index in [2.05, 4.69) is 17.1 Å². The van der Waals surface area contributed by atoms with Gasteiger partial charge >= 0.3 is 0 Å². The number of carbonyl (C=O) groups is 1. The molecule has 1 aliphatic heterocycles. The maximum atomic E-state index is 12.3. The van der Waals surface area contributed by atoms with Crippen LogP contribution in [0.25, 0.3) is 0 Å². The van der Waals surface area contributed by atoms with Crippen molar-refractivity contribution >= 4 is 11.6 Å². The molecule has 4 nitrogen and oxygen atoms in total. The van der Waals surface area contributed by atoms with Gasteiger partial charge in [-0.05, 0) is 57.5 Å². The average Bonchev–Trinajstić information content (AvgIpc) is 2.90. The van der Waals surface area contributed by atoms with Crippen LogP contribution in [0.4, 0.5) is 5.69 Å². The van der Waals surface area contributed by atoms with Gasteiger partial charge in [0.1, 0.15) is 0 Å². The standard InChI is InChI=1S/C16H25N3O/c1-12(11-19-8-3-4-9-19)18-16(20)13(2)14-6-5-7-15(17)10-14/h5-7,10,12-13H,3-4,8-9,11,17H2,1-2H3,(H,18,20). The zero-order chi connectivity index (χ0) is 14.5. The fourth-order valence-electron chi connectivity index (χ4n) is 2.75. The molecule has 2 atom stereocenters. The number of hydrogen-bond acceptors (Lipinski definition) is 3. The fraction of sp³-hybridized carbons (Fsp3) is 0.562. The third-order valence-corrected chi connectivity index (χ3v) is 3.92. The number of amides is 1. The second kappa shape index (κ2) is 6.75. The molecule has 0 radical (unpaired) electrons. The number of hydrogen-bond donors (Lipinski definition) is 2. The molecule has 4 heteroatoms. The normalized spacial score (nSPS) is 18.7. The summed E-state index contributed by atoms with van der Waals surface area (Å²) in [6.45, 7) is 7.25. The van der Waals surface area contributed by atoms with E-state index in [0.29, 0.717) is 5.69 Å². The lowest BCUT2D eigenvalue weighted by atomic mass is 9.99. The molecule has 2 rings (SSSR count). The highest BCUT2D eigenvalue weighted by Gasteiger charge is 2.19. The Morgan fingerprint density at radius 3 is 2.70 bits per heavy atom. The van der Waals surface area contributed by atoms with E-state index in [0.717, 1.165) is 25.2 Å². The minimum Gasteiger partial charge on any atom is -0.399 e. The van der Waals surface area contributed by atoms with Crippen LogP contribution in [0.1, 0.15) is 38.2 Å². The number of nitrogens with zero attached hydrogens (tertiary/aromatic N) is 1. The molecule has 3 N–H and O–H groups in total. The van der Waals surface area contributed by atoms with Crippen LogP contribution in [0.2, 0.25) is 0 Å². The van der Waals surface area contributed by atoms with Crippen LogP contribution in [-0.2, 0) is 4.79 Å². The Balaban J connectivity index is 1.86. The molecule has 0 bridgehead atoms. The minimum absolute atomic E-state index is 0.0716. The number of carbonyl (C=O) groups excluding carboxylic acids is 1. The van der Waals surface area contributed by atoms with Crippen molar-refractivity contribution in [3.63, 3.8) is 0 Å². The van der Waals surface area contributed by atoms with Gasteiger partial charge in [-0.25, -0.2) is 0 Å². The van der Waals surface area contributed by atoms with E-state index in [1.54, 1.807) is 0 Å². The smallest absolute Gasteiger partial charge is 0.227 e. The molecule has 20 heavy (non-hydrogen) atoms. The third-order valence-electron chi connectivity index (χ3n) is 3.92. The quantitative estimate of drug-likeness (QED) is 0.808. The summed E-state index contributed by atoms with van der Waals surface area (Å²) in [5, 5.41) is 3.10. The zero-order valence-electron chi connectivity index (χ0n) is 12.4. The molecule has 1 fully saturated rings. The lowest BCUT2D eigenvalue weighted by Crippen LogP contribution is -2.42. The second-order valence-electron chi connectivity index (χ2n) is 5.81. The Kier molecular flexibility index (Phi) is 5.01. The second-order valence-corrected chi connectivity index (χ2v) is 5.81. The van der Waals surface area contributed by atoms with Gasteiger partial charge in [0, 0.05) is 18.3 Å². The van der Waals surface area contributed by atoms with Crippen molar-refractivity contribution in [1.29, 1.82) is 0 Å². The monoisotopic (exact) mass is 275 g/mol. The summed E-state index contributed by atoms with van der Waals surface area (Å²) in [7, 11) is 0. The third kappa shape index (κ3) is 3.97. The van der Waals surface area contributed by atoms with Crippen LogP contribution < -0.4 is 11.1 Å². The molecule has 0 spiro atoms. The number of likely N-dealkylation sites (tertiary alicyclic amines) is 1. The molecule has 1 aromatic carbocycles. The van der Waals surface area contributed by atoms with Gasteiger partial charge < -0.3 is 16.0 Å². The largest absolute Gasteiger partial charge is 0.399 e. The topological polar surface area (TPSA) is 58.4 Å². The number of nitrogen functional groups attached to an aromatic ring is 1. The zero-order valence-corrected chi connectivity index (χ0v) is 12.4. The first kappa shape index (κ1) is 14.9. The highest BCUT2D eigenvalue weighted by Crippen LogP contribution is 2.18. The van der Waals surface area contributed by atoms with Gasteiger partial charge in [-0.15, -0.1) is 0 Å². The lowest BCUT2D eigenvalue weighted by molar-refractivity contribution is -0.122. The minimum atomic E-state index is -0.167. The highest BCUT2D eigenvalue weighted by molar-refractivity contribution is 5.83. The Bertz CT molecular complexity index is 455. The van der Waals surface area contributed by atoms with Crippen LogP contribution in [-0.4, -0.2) is 36.5 Å². The molecule has 0 aromatic heterocycles. The number of anilines is 1. The van der Waals surface area contributed by atoms with E-state index < -0.39 is 0 Å². The summed E-state index contributed by atoms with van der Waals surface area (Å²) in [4.78, 5) is 14.7. The molecule has 2 unspecified atom stereocenters. The van der Waals surface area contributed by atoms with Crippen LogP contribution in [0.5, 0.6) is 0 Å². The summed E-state index contributed by atoms with van der Waals surface area (Å²) >= 11 is 0. The van der Waals surface area contributed by atoms with Crippen molar-refractivity contribution in [3.05, 3.63) is 29.8 Å². The summed E-state index contributed by atoms with van der Waals surface area (Å²) in [5.74, 6) is -0.0955. The first-order valence-corrected chi connectivity index (χ1v) is 7.44. The van der Waals surface area contributed by atoms with Crippen LogP contribution >= 0.6 is 0 Å². The lowest BCUT2D eigenvalue weighted by Gasteiger charge is -2.23. The van der Waals surface area contributed by atoms with Gasteiger partial charge in [0.25, 0.3) is 0 Å². The SMILES string of the molecule is CC(CN1CCCC1)NC(=O)C(C)c1cccc(N)c1. The van der Waals surface area contributed by atoms with Crippen LogP contribution in [0, 0.1) is 0 Å². The fourth-order valence-corrected chi connectivity index (χ4v) is 2.75. The predicted octanol–water partition coefficient (Wildman–Crippen LogP) is 1.97. The molecule has 1 aliphatic rings. The summed E-state index contributed by atoms with van der Waals surface area (Å²) in [5.41, 5.74) is 7.44. The predicted molar refractivity (Wildman–Crippen MR) is 82.5 cm³/mol. The van der Waals surface area contributed by atoms with Crippen molar-refractivity contribution in [3.8, 4) is 0 Å². The highest BCUT2D eigenvalue weighted by atomic mass is 16.1. The molecule has 1 amide bonds. The maximum Gasteiger partial charge on any atom is 0.227 e. The molecule has 0 saturated carbocycles. The van der Waals surface area contributed by atoms with Crippen molar-refractivity contribution in [2.24, 2.45) is 0 Å². The van der Waals surface area contributed by atoms with Crippen LogP contribution in [0.15, 0.2) is 24.3 Å². The van der Waals surface area contributed by atoms with E-state index in [1.807, 2.05) is 31.2 Å². The van der Waals surface area contributed by atoms with E-state index in [9.17, 15) is 4.79 Å². The van der Waals surface area contributed by atoms with Crippen molar-refractivity contribution in [1.82, 2.24) is 10.2 Å². The van der Waals surface area contributed by atoms with Gasteiger partial charge in [-0.1, -0.05) is 12.1 Å². The summed E-state index contributed by atoms with van der Waals surface area (Å²) in [6.07, 6.45) is 2.56. The van der Waals surface area contributed by atoms with Gasteiger partial charge in [-0.2, -0.15) is 0 Å². The molecule has 1 heterocycles. The van der Waals surface area contributed by atoms with Gasteiger partial charge in [0.05, 0.1) is 5.92 Å². The Labute approximate surface area is 121 Å². The van der Waals surface area contributed by atoms with E-state index in [4.69, 9.17) is 5.73 Å². The first-order valence-electron chi connectivity index (χ1n) is 7.44. The van der Waals surface area contributed by atoms with E-state index in [1.165, 1.54) is 12.8 Å². The first-order chi connectivity index (χ1) is 9.56. The van der Waals surface area contributed by atoms with Crippen molar-refractivity contribution in [2.75, 3.05) is 25.4 Å².